The van der Waals surface area contributed by atoms with Crippen molar-refractivity contribution < 1.29 is 4.79 Å². The summed E-state index contributed by atoms with van der Waals surface area (Å²) < 4.78 is 0. The average molecular weight is 389 g/mol. The highest BCUT2D eigenvalue weighted by Gasteiger charge is 2.38. The van der Waals surface area contributed by atoms with Crippen molar-refractivity contribution in [1.29, 1.82) is 0 Å². The summed E-state index contributed by atoms with van der Waals surface area (Å²) in [7, 11) is 0. The number of rotatable bonds is 9. The van der Waals surface area contributed by atoms with Crippen LogP contribution in [-0.4, -0.2) is 34.6 Å². The van der Waals surface area contributed by atoms with Crippen LogP contribution in [0.15, 0.2) is 18.3 Å². The van der Waals surface area contributed by atoms with Gasteiger partial charge in [-0.1, -0.05) is 33.1 Å². The molecular formula is C23H40N4O. The van der Waals surface area contributed by atoms with Crippen LogP contribution in [0.25, 0.3) is 0 Å². The van der Waals surface area contributed by atoms with E-state index in [0.717, 1.165) is 25.8 Å². The molecule has 2 heterocycles. The van der Waals surface area contributed by atoms with Crippen LogP contribution in [0.3, 0.4) is 0 Å². The number of carbonyl (C=O) groups is 1. The van der Waals surface area contributed by atoms with Crippen molar-refractivity contribution in [2.45, 2.75) is 97.2 Å². The Bertz CT molecular complexity index is 625. The number of unbranched alkanes of at least 4 members (excludes halogenated alkanes) is 1. The van der Waals surface area contributed by atoms with Gasteiger partial charge >= 0.3 is 0 Å². The Kier molecular flexibility index (Phi) is 7.87. The Labute approximate surface area is 171 Å². The molecule has 0 spiro atoms. The molecule has 0 aromatic carbocycles. The van der Waals surface area contributed by atoms with Gasteiger partial charge in [0, 0.05) is 29.9 Å². The average Bonchev–Trinajstić information content (AvgIpc) is 2.59. The summed E-state index contributed by atoms with van der Waals surface area (Å²) in [5.74, 6) is 1.21. The lowest BCUT2D eigenvalue weighted by Crippen LogP contribution is -2.60. The summed E-state index contributed by atoms with van der Waals surface area (Å²) in [5, 5.41) is 10.4. The summed E-state index contributed by atoms with van der Waals surface area (Å²) >= 11 is 0. The van der Waals surface area contributed by atoms with Crippen molar-refractivity contribution in [2.24, 2.45) is 5.92 Å². The lowest BCUT2D eigenvalue weighted by molar-refractivity contribution is 0.0946. The van der Waals surface area contributed by atoms with E-state index in [9.17, 15) is 4.79 Å². The second-order valence-corrected chi connectivity index (χ2v) is 9.67. The monoisotopic (exact) mass is 388 g/mol. The molecule has 1 saturated heterocycles. The van der Waals surface area contributed by atoms with Gasteiger partial charge in [-0.15, -0.1) is 0 Å². The maximum absolute atomic E-state index is 12.9. The van der Waals surface area contributed by atoms with E-state index in [2.05, 4.69) is 62.5 Å². The van der Waals surface area contributed by atoms with Gasteiger partial charge in [0.05, 0.1) is 5.56 Å². The number of nitrogens with one attached hydrogen (secondary N) is 3. The first-order valence-electron chi connectivity index (χ1n) is 10.9. The summed E-state index contributed by atoms with van der Waals surface area (Å²) in [4.78, 5) is 17.3. The number of hydrogen-bond acceptors (Lipinski definition) is 4. The van der Waals surface area contributed by atoms with Crippen LogP contribution in [-0.2, 0) is 0 Å². The van der Waals surface area contributed by atoms with Crippen molar-refractivity contribution in [2.75, 3.05) is 11.9 Å². The molecule has 0 bridgehead atoms. The molecule has 0 saturated carbocycles. The van der Waals surface area contributed by atoms with Crippen LogP contribution in [0, 0.1) is 5.92 Å². The summed E-state index contributed by atoms with van der Waals surface area (Å²) in [6.45, 7) is 14.1. The van der Waals surface area contributed by atoms with E-state index in [0.29, 0.717) is 17.3 Å². The number of aromatic nitrogens is 1. The third-order valence-electron chi connectivity index (χ3n) is 5.68. The molecule has 0 aliphatic carbocycles. The molecule has 1 aliphatic rings. The van der Waals surface area contributed by atoms with E-state index < -0.39 is 0 Å². The lowest BCUT2D eigenvalue weighted by atomic mass is 9.79. The zero-order chi connectivity index (χ0) is 20.8. The standard InChI is InChI=1S/C23H40N4O/c1-7-9-11-17(8-2)16-25-21(28)19-12-10-13-24-20(19)26-18-14-22(3,4)27-23(5,6)15-18/h10,12-13,17-18,27H,7-9,11,14-16H2,1-6H3,(H,24,26)(H,25,28). The van der Waals surface area contributed by atoms with Gasteiger partial charge < -0.3 is 16.0 Å². The molecule has 28 heavy (non-hydrogen) atoms. The first-order chi connectivity index (χ1) is 13.2. The highest BCUT2D eigenvalue weighted by molar-refractivity contribution is 5.98. The number of piperidine rings is 1. The van der Waals surface area contributed by atoms with Crippen LogP contribution in [0.5, 0.6) is 0 Å². The van der Waals surface area contributed by atoms with Crippen LogP contribution in [0.4, 0.5) is 5.82 Å². The van der Waals surface area contributed by atoms with Crippen LogP contribution in [0.2, 0.25) is 0 Å². The van der Waals surface area contributed by atoms with Gasteiger partial charge in [0.25, 0.3) is 5.91 Å². The summed E-state index contributed by atoms with van der Waals surface area (Å²) in [6, 6.07) is 3.99. The van der Waals surface area contributed by atoms with E-state index in [-0.39, 0.29) is 23.0 Å². The largest absolute Gasteiger partial charge is 0.367 e. The molecule has 1 aromatic rings. The lowest BCUT2D eigenvalue weighted by Gasteiger charge is -2.46. The second kappa shape index (κ2) is 9.73. The number of nitrogens with zero attached hydrogens (tertiary/aromatic N) is 1. The third-order valence-corrected chi connectivity index (χ3v) is 5.68. The van der Waals surface area contributed by atoms with E-state index in [4.69, 9.17) is 0 Å². The third kappa shape index (κ3) is 6.77. The molecular weight excluding hydrogens is 348 g/mol. The quantitative estimate of drug-likeness (QED) is 0.571. The SMILES string of the molecule is CCCCC(CC)CNC(=O)c1cccnc1NC1CC(C)(C)NC(C)(C)C1. The van der Waals surface area contributed by atoms with E-state index in [1.165, 1.54) is 19.3 Å². The fourth-order valence-corrected chi connectivity index (χ4v) is 4.60. The van der Waals surface area contributed by atoms with Crippen molar-refractivity contribution in [3.05, 3.63) is 23.9 Å². The van der Waals surface area contributed by atoms with Gasteiger partial charge in [-0.3, -0.25) is 4.79 Å². The Morgan fingerprint density at radius 1 is 1.25 bits per heavy atom. The molecule has 5 nitrogen and oxygen atoms in total. The van der Waals surface area contributed by atoms with Gasteiger partial charge in [0.2, 0.25) is 0 Å². The highest BCUT2D eigenvalue weighted by Crippen LogP contribution is 2.30. The fourth-order valence-electron chi connectivity index (χ4n) is 4.60. The molecule has 0 radical (unpaired) electrons. The molecule has 2 rings (SSSR count). The Balaban J connectivity index is 2.05. The van der Waals surface area contributed by atoms with Gasteiger partial charge in [-0.05, 0) is 65.0 Å². The molecule has 1 atom stereocenters. The van der Waals surface area contributed by atoms with Crippen molar-refractivity contribution in [1.82, 2.24) is 15.6 Å². The van der Waals surface area contributed by atoms with Gasteiger partial charge in [-0.25, -0.2) is 4.98 Å². The molecule has 5 heteroatoms. The molecule has 3 N–H and O–H groups in total. The second-order valence-electron chi connectivity index (χ2n) is 9.67. The summed E-state index contributed by atoms with van der Waals surface area (Å²) in [6.07, 6.45) is 8.42. The maximum atomic E-state index is 12.9. The molecule has 1 amide bonds. The predicted octanol–water partition coefficient (Wildman–Crippen LogP) is 4.75. The van der Waals surface area contributed by atoms with Crippen molar-refractivity contribution in [3.63, 3.8) is 0 Å². The molecule has 1 aromatic heterocycles. The van der Waals surface area contributed by atoms with Gasteiger partial charge in [-0.2, -0.15) is 0 Å². The smallest absolute Gasteiger partial charge is 0.255 e. The molecule has 1 unspecified atom stereocenters. The van der Waals surface area contributed by atoms with Crippen molar-refractivity contribution >= 4 is 11.7 Å². The van der Waals surface area contributed by atoms with Crippen LogP contribution in [0.1, 0.15) is 90.4 Å². The van der Waals surface area contributed by atoms with E-state index >= 15 is 0 Å². The topological polar surface area (TPSA) is 66.0 Å². The maximum Gasteiger partial charge on any atom is 0.255 e. The van der Waals surface area contributed by atoms with Gasteiger partial charge in [0.1, 0.15) is 5.82 Å². The number of carbonyl (C=O) groups excluding carboxylic acids is 1. The van der Waals surface area contributed by atoms with Crippen molar-refractivity contribution in [3.8, 4) is 0 Å². The first kappa shape index (κ1) is 22.7. The normalized spacial score (nSPS) is 19.8. The van der Waals surface area contributed by atoms with Crippen LogP contribution >= 0.6 is 0 Å². The highest BCUT2D eigenvalue weighted by atomic mass is 16.1. The number of anilines is 1. The first-order valence-corrected chi connectivity index (χ1v) is 10.9. The Hall–Kier alpha value is -1.62. The number of amides is 1. The fraction of sp³-hybridized carbons (Fsp3) is 0.739. The van der Waals surface area contributed by atoms with E-state index in [1.54, 1.807) is 6.20 Å². The molecule has 158 valence electrons. The number of pyridine rings is 1. The van der Waals surface area contributed by atoms with Gasteiger partial charge in [0.15, 0.2) is 0 Å². The van der Waals surface area contributed by atoms with E-state index in [1.807, 2.05) is 12.1 Å². The van der Waals surface area contributed by atoms with Crippen LogP contribution < -0.4 is 16.0 Å². The molecule has 1 aliphatic heterocycles. The predicted molar refractivity (Wildman–Crippen MR) is 118 cm³/mol. The zero-order valence-corrected chi connectivity index (χ0v) is 18.7. The minimum atomic E-state index is -0.0296. The Morgan fingerprint density at radius 2 is 1.93 bits per heavy atom. The Morgan fingerprint density at radius 3 is 2.54 bits per heavy atom. The zero-order valence-electron chi connectivity index (χ0n) is 18.7. The minimum Gasteiger partial charge on any atom is -0.367 e. The molecule has 1 fully saturated rings. The summed E-state index contributed by atoms with van der Waals surface area (Å²) in [5.41, 5.74) is 0.732. The number of hydrogen-bond donors (Lipinski definition) is 3. The minimum absolute atomic E-state index is 0.0296.